The minimum Gasteiger partial charge on any atom is -0.475 e. The van der Waals surface area contributed by atoms with Crippen molar-refractivity contribution in [1.82, 2.24) is 5.32 Å². The van der Waals surface area contributed by atoms with Crippen LogP contribution in [0, 0.1) is 5.82 Å². The number of nitrogens with zero attached hydrogens (tertiary/aromatic N) is 1. The molecule has 0 aliphatic heterocycles. The van der Waals surface area contributed by atoms with E-state index in [1.54, 1.807) is 0 Å². The number of sulfonamides is 1. The molecule has 0 saturated heterocycles. The number of primary sulfonamides is 1. The fourth-order valence-corrected chi connectivity index (χ4v) is 4.12. The molecule has 1 atom stereocenters. The molecule has 0 unspecified atom stereocenters. The first-order valence-corrected chi connectivity index (χ1v) is 12.7. The molecule has 1 amide bonds. The fraction of sp³-hybridized carbons (Fsp3) is 0.160. The number of hydrogen-bond donors (Lipinski definition) is 5. The summed E-state index contributed by atoms with van der Waals surface area (Å²) in [5.74, 6) is 1.37. The first-order valence-electron chi connectivity index (χ1n) is 11.1. The summed E-state index contributed by atoms with van der Waals surface area (Å²) in [6, 6.07) is 16.0. The first kappa shape index (κ1) is 31.9. The van der Waals surface area contributed by atoms with Crippen LogP contribution in [0.4, 0.5) is 17.6 Å². The van der Waals surface area contributed by atoms with E-state index in [1.807, 2.05) is 24.3 Å². The second kappa shape index (κ2) is 13.6. The zero-order valence-corrected chi connectivity index (χ0v) is 21.3. The number of hydrazone groups is 1. The topological polar surface area (TPSA) is 185 Å². The molecule has 40 heavy (non-hydrogen) atoms. The molecule has 3 aromatic carbocycles. The van der Waals surface area contributed by atoms with Gasteiger partial charge in [0.1, 0.15) is 5.82 Å². The summed E-state index contributed by atoms with van der Waals surface area (Å²) in [6.07, 6.45) is -3.20. The van der Waals surface area contributed by atoms with Gasteiger partial charge >= 0.3 is 12.1 Å². The van der Waals surface area contributed by atoms with E-state index in [9.17, 15) is 35.9 Å². The van der Waals surface area contributed by atoms with E-state index in [-0.39, 0.29) is 22.6 Å². The first-order chi connectivity index (χ1) is 18.6. The number of carbonyl (C=O) groups excluding carboxylic acids is 1. The highest BCUT2D eigenvalue weighted by atomic mass is 32.2. The number of benzene rings is 3. The van der Waals surface area contributed by atoms with Crippen LogP contribution >= 0.6 is 0 Å². The molecule has 3 rings (SSSR count). The number of nitrogens with two attached hydrogens (primary N) is 2. The Morgan fingerprint density at radius 2 is 1.68 bits per heavy atom. The highest BCUT2D eigenvalue weighted by Gasteiger charge is 2.38. The van der Waals surface area contributed by atoms with Crippen LogP contribution in [0.2, 0.25) is 0 Å². The third kappa shape index (κ3) is 9.44. The van der Waals surface area contributed by atoms with Crippen molar-refractivity contribution in [3.8, 4) is 11.1 Å². The summed E-state index contributed by atoms with van der Waals surface area (Å²) in [7, 11) is -4.07. The van der Waals surface area contributed by atoms with Crippen molar-refractivity contribution in [2.75, 3.05) is 6.61 Å². The quantitative estimate of drug-likeness (QED) is 0.116. The Balaban J connectivity index is 0.000000708. The van der Waals surface area contributed by atoms with E-state index >= 15 is 0 Å². The van der Waals surface area contributed by atoms with E-state index in [2.05, 4.69) is 10.4 Å². The molecule has 0 radical (unpaired) electrons. The summed E-state index contributed by atoms with van der Waals surface area (Å²) in [6.45, 7) is -0.278. The van der Waals surface area contributed by atoms with Gasteiger partial charge in [0.15, 0.2) is 0 Å². The monoisotopic (exact) mass is 584 g/mol. The lowest BCUT2D eigenvalue weighted by Gasteiger charge is -2.17. The second-order valence-corrected chi connectivity index (χ2v) is 9.68. The van der Waals surface area contributed by atoms with Crippen LogP contribution < -0.4 is 16.3 Å². The number of aliphatic hydroxyl groups is 1. The molecule has 214 valence electrons. The van der Waals surface area contributed by atoms with Gasteiger partial charge in [0.25, 0.3) is 5.91 Å². The van der Waals surface area contributed by atoms with Gasteiger partial charge in [-0.3, -0.25) is 4.79 Å². The Bertz CT molecular complexity index is 1480. The number of aliphatic hydroxyl groups excluding tert-OH is 1. The summed E-state index contributed by atoms with van der Waals surface area (Å²) in [5.41, 5.74) is 2.44. The van der Waals surface area contributed by atoms with E-state index in [0.29, 0.717) is 12.0 Å². The van der Waals surface area contributed by atoms with Crippen LogP contribution in [0.3, 0.4) is 0 Å². The standard InChI is InChI=1S/C23H23FN4O4S.C2HF3O2/c24-19-8-9-22(33(26,31)32)21(12-19)17-4-6-18(7-5-17)23(30)28-20(14-29)11-15-2-1-3-16(10-15)13-27-25;3-2(4,5)1(6)7/h1-10,12-13,20,29H,11,14,25H2,(H,28,30)(H2,26,31,32);(H,6,7)/t20-;/m0./s1. The molecule has 0 bridgehead atoms. The van der Waals surface area contributed by atoms with Gasteiger partial charge in [0.2, 0.25) is 10.0 Å². The molecule has 10 nitrogen and oxygen atoms in total. The molecule has 15 heteroatoms. The Labute approximate surface area is 226 Å². The van der Waals surface area contributed by atoms with Crippen LogP contribution in [0.25, 0.3) is 11.1 Å². The average molecular weight is 585 g/mol. The number of halogens is 4. The normalized spacial score (nSPS) is 12.3. The molecule has 0 spiro atoms. The van der Waals surface area contributed by atoms with Gasteiger partial charge < -0.3 is 21.4 Å². The lowest BCUT2D eigenvalue weighted by Crippen LogP contribution is -2.39. The predicted octanol–water partition coefficient (Wildman–Crippen LogP) is 2.40. The Kier molecular flexibility index (Phi) is 10.9. The van der Waals surface area contributed by atoms with Gasteiger partial charge in [-0.1, -0.05) is 36.4 Å². The molecule has 0 aliphatic rings. The number of carboxylic acid groups (broad SMARTS) is 1. The number of rotatable bonds is 8. The molecule has 3 aromatic rings. The molecule has 0 fully saturated rings. The maximum Gasteiger partial charge on any atom is 0.490 e. The molecule has 0 aliphatic carbocycles. The van der Waals surface area contributed by atoms with E-state index in [0.717, 1.165) is 29.3 Å². The molecule has 0 saturated carbocycles. The summed E-state index contributed by atoms with van der Waals surface area (Å²) < 4.78 is 69.1. The van der Waals surface area contributed by atoms with Crippen molar-refractivity contribution in [2.45, 2.75) is 23.5 Å². The number of aliphatic carboxylic acids is 1. The zero-order chi connectivity index (χ0) is 30.1. The summed E-state index contributed by atoms with van der Waals surface area (Å²) in [4.78, 5) is 21.3. The zero-order valence-electron chi connectivity index (χ0n) is 20.5. The third-order valence-electron chi connectivity index (χ3n) is 5.16. The number of hydrogen-bond acceptors (Lipinski definition) is 7. The van der Waals surface area contributed by atoms with Crippen molar-refractivity contribution in [1.29, 1.82) is 0 Å². The van der Waals surface area contributed by atoms with Gasteiger partial charge in [0, 0.05) is 11.1 Å². The number of amides is 1. The van der Waals surface area contributed by atoms with Crippen LogP contribution in [-0.4, -0.2) is 55.5 Å². The number of nitrogens with one attached hydrogen (secondary N) is 1. The SMILES string of the molecule is NN=Cc1cccc(C[C@@H](CO)NC(=O)c2ccc(-c3cc(F)ccc3S(N)(=O)=O)cc2)c1.O=C(O)C(F)(F)F. The van der Waals surface area contributed by atoms with Gasteiger partial charge in [-0.05, 0) is 53.4 Å². The van der Waals surface area contributed by atoms with Crippen molar-refractivity contribution in [3.05, 3.63) is 89.2 Å². The van der Waals surface area contributed by atoms with E-state index in [4.69, 9.17) is 20.9 Å². The van der Waals surface area contributed by atoms with Gasteiger partial charge in [-0.25, -0.2) is 22.7 Å². The molecular formula is C25H24F4N4O6S. The van der Waals surface area contributed by atoms with Crippen molar-refractivity contribution >= 4 is 28.1 Å². The van der Waals surface area contributed by atoms with E-state index < -0.39 is 39.9 Å². The van der Waals surface area contributed by atoms with Gasteiger partial charge in [-0.2, -0.15) is 18.3 Å². The predicted molar refractivity (Wildman–Crippen MR) is 137 cm³/mol. The van der Waals surface area contributed by atoms with Crippen molar-refractivity contribution in [3.63, 3.8) is 0 Å². The Morgan fingerprint density at radius 1 is 1.05 bits per heavy atom. The van der Waals surface area contributed by atoms with Crippen LogP contribution in [-0.2, 0) is 21.2 Å². The second-order valence-electron chi connectivity index (χ2n) is 8.15. The number of carbonyl (C=O) groups is 2. The Hall–Kier alpha value is -4.34. The largest absolute Gasteiger partial charge is 0.490 e. The number of carboxylic acids is 1. The molecular weight excluding hydrogens is 560 g/mol. The smallest absolute Gasteiger partial charge is 0.475 e. The van der Waals surface area contributed by atoms with Crippen molar-refractivity contribution < 1.29 is 45.8 Å². The van der Waals surface area contributed by atoms with Crippen molar-refractivity contribution in [2.24, 2.45) is 16.1 Å². The summed E-state index contributed by atoms with van der Waals surface area (Å²) >= 11 is 0. The Morgan fingerprint density at radius 3 is 2.20 bits per heavy atom. The maximum absolute atomic E-state index is 13.7. The van der Waals surface area contributed by atoms with Crippen LogP contribution in [0.5, 0.6) is 0 Å². The summed E-state index contributed by atoms with van der Waals surface area (Å²) in [5, 5.41) is 28.3. The average Bonchev–Trinajstić information content (AvgIpc) is 2.88. The minimum atomic E-state index is -5.08. The van der Waals surface area contributed by atoms with Gasteiger partial charge in [-0.15, -0.1) is 0 Å². The lowest BCUT2D eigenvalue weighted by molar-refractivity contribution is -0.192. The van der Waals surface area contributed by atoms with E-state index in [1.165, 1.54) is 30.5 Å². The third-order valence-corrected chi connectivity index (χ3v) is 6.13. The van der Waals surface area contributed by atoms with Gasteiger partial charge in [0.05, 0.1) is 23.8 Å². The fourth-order valence-electron chi connectivity index (χ4n) is 3.38. The maximum atomic E-state index is 13.7. The van der Waals surface area contributed by atoms with Crippen LogP contribution in [0.1, 0.15) is 21.5 Å². The van der Waals surface area contributed by atoms with Crippen LogP contribution in [0.15, 0.2) is 76.7 Å². The molecule has 0 aromatic heterocycles. The number of alkyl halides is 3. The minimum absolute atomic E-state index is 0.0959. The molecule has 0 heterocycles. The highest BCUT2D eigenvalue weighted by molar-refractivity contribution is 7.89. The lowest BCUT2D eigenvalue weighted by atomic mass is 10.0. The molecule has 7 N–H and O–H groups in total. The highest BCUT2D eigenvalue weighted by Crippen LogP contribution is 2.28.